The molecule has 0 aliphatic carbocycles. The summed E-state index contributed by atoms with van der Waals surface area (Å²) in [5.41, 5.74) is 7.45. The zero-order valence-electron chi connectivity index (χ0n) is 11.4. The highest BCUT2D eigenvalue weighted by Crippen LogP contribution is 2.19. The van der Waals surface area contributed by atoms with Crippen LogP contribution < -0.4 is 10.6 Å². The van der Waals surface area contributed by atoms with Crippen LogP contribution in [0.25, 0.3) is 0 Å². The number of nitrogens with zero attached hydrogens (tertiary/aromatic N) is 2. The van der Waals surface area contributed by atoms with Crippen molar-refractivity contribution in [2.24, 2.45) is 16.8 Å². The molecular formula is C14H23N3O. The average Bonchev–Trinajstić information content (AvgIpc) is 2.37. The quantitative estimate of drug-likeness (QED) is 0.352. The summed E-state index contributed by atoms with van der Waals surface area (Å²) in [5.74, 6) is 0.874. The summed E-state index contributed by atoms with van der Waals surface area (Å²) in [6.07, 6.45) is 2.34. The second-order valence-electron chi connectivity index (χ2n) is 4.96. The lowest BCUT2D eigenvalue weighted by atomic mass is 10.1. The minimum Gasteiger partial charge on any atom is -0.409 e. The van der Waals surface area contributed by atoms with Crippen molar-refractivity contribution >= 4 is 11.5 Å². The van der Waals surface area contributed by atoms with E-state index in [1.165, 1.54) is 6.42 Å². The maximum absolute atomic E-state index is 8.79. The van der Waals surface area contributed by atoms with E-state index in [1.54, 1.807) is 0 Å². The summed E-state index contributed by atoms with van der Waals surface area (Å²) in [5, 5.41) is 11.9. The van der Waals surface area contributed by atoms with Gasteiger partial charge < -0.3 is 15.8 Å². The van der Waals surface area contributed by atoms with E-state index in [4.69, 9.17) is 10.9 Å². The maximum Gasteiger partial charge on any atom is 0.172 e. The Morgan fingerprint density at radius 2 is 2.06 bits per heavy atom. The van der Waals surface area contributed by atoms with Gasteiger partial charge in [0.15, 0.2) is 5.84 Å². The lowest BCUT2D eigenvalue weighted by molar-refractivity contribution is 0.318. The van der Waals surface area contributed by atoms with E-state index in [-0.39, 0.29) is 5.84 Å². The SMILES string of the molecule is CC(C)CCCN(C)c1ccccc1/C(N)=N/O. The Morgan fingerprint density at radius 3 is 2.67 bits per heavy atom. The van der Waals surface area contributed by atoms with E-state index in [0.29, 0.717) is 0 Å². The summed E-state index contributed by atoms with van der Waals surface area (Å²) in [4.78, 5) is 2.15. The lowest BCUT2D eigenvalue weighted by Crippen LogP contribution is -2.24. The van der Waals surface area contributed by atoms with Gasteiger partial charge in [0.1, 0.15) is 0 Å². The second-order valence-corrected chi connectivity index (χ2v) is 4.96. The molecular weight excluding hydrogens is 226 g/mol. The van der Waals surface area contributed by atoms with E-state index in [1.807, 2.05) is 31.3 Å². The molecule has 0 bridgehead atoms. The van der Waals surface area contributed by atoms with Crippen LogP contribution in [0.4, 0.5) is 5.69 Å². The highest BCUT2D eigenvalue weighted by Gasteiger charge is 2.10. The molecule has 4 nitrogen and oxygen atoms in total. The van der Waals surface area contributed by atoms with Crippen LogP contribution in [0.5, 0.6) is 0 Å². The zero-order valence-corrected chi connectivity index (χ0v) is 11.4. The van der Waals surface area contributed by atoms with Crippen molar-refractivity contribution in [2.45, 2.75) is 26.7 Å². The Bertz CT molecular complexity index is 402. The first-order valence-electron chi connectivity index (χ1n) is 6.34. The third-order valence-corrected chi connectivity index (χ3v) is 2.97. The molecule has 0 aliphatic heterocycles. The number of rotatable bonds is 6. The fourth-order valence-electron chi connectivity index (χ4n) is 1.93. The largest absolute Gasteiger partial charge is 0.409 e. The Morgan fingerprint density at radius 1 is 1.39 bits per heavy atom. The first-order chi connectivity index (χ1) is 8.56. The Balaban J connectivity index is 2.76. The molecule has 0 unspecified atom stereocenters. The highest BCUT2D eigenvalue weighted by atomic mass is 16.4. The van der Waals surface area contributed by atoms with Crippen LogP contribution >= 0.6 is 0 Å². The molecule has 3 N–H and O–H groups in total. The molecule has 1 aromatic rings. The van der Waals surface area contributed by atoms with Crippen molar-refractivity contribution in [2.75, 3.05) is 18.5 Å². The number of oxime groups is 1. The third-order valence-electron chi connectivity index (χ3n) is 2.97. The lowest BCUT2D eigenvalue weighted by Gasteiger charge is -2.22. The second kappa shape index (κ2) is 6.89. The number of nitrogens with two attached hydrogens (primary N) is 1. The molecule has 0 saturated heterocycles. The van der Waals surface area contributed by atoms with Crippen LogP contribution in [0.15, 0.2) is 29.4 Å². The van der Waals surface area contributed by atoms with E-state index < -0.39 is 0 Å². The molecule has 0 radical (unpaired) electrons. The normalized spacial score (nSPS) is 11.9. The molecule has 0 atom stereocenters. The van der Waals surface area contributed by atoms with Gasteiger partial charge in [0, 0.05) is 24.8 Å². The van der Waals surface area contributed by atoms with Gasteiger partial charge in [-0.05, 0) is 30.9 Å². The van der Waals surface area contributed by atoms with E-state index in [0.717, 1.165) is 30.1 Å². The molecule has 0 amide bonds. The van der Waals surface area contributed by atoms with Gasteiger partial charge in [-0.25, -0.2) is 0 Å². The number of hydrogen-bond acceptors (Lipinski definition) is 3. The van der Waals surface area contributed by atoms with Crippen molar-refractivity contribution in [3.05, 3.63) is 29.8 Å². The van der Waals surface area contributed by atoms with Crippen LogP contribution in [0.3, 0.4) is 0 Å². The van der Waals surface area contributed by atoms with Gasteiger partial charge >= 0.3 is 0 Å². The molecule has 0 saturated carbocycles. The molecule has 0 heterocycles. The van der Waals surface area contributed by atoms with Crippen LogP contribution in [-0.4, -0.2) is 24.6 Å². The first-order valence-corrected chi connectivity index (χ1v) is 6.34. The van der Waals surface area contributed by atoms with Gasteiger partial charge in [-0.3, -0.25) is 0 Å². The number of amidine groups is 1. The van der Waals surface area contributed by atoms with Gasteiger partial charge in [-0.1, -0.05) is 31.1 Å². The van der Waals surface area contributed by atoms with Gasteiger partial charge in [0.2, 0.25) is 0 Å². The highest BCUT2D eigenvalue weighted by molar-refractivity contribution is 6.02. The average molecular weight is 249 g/mol. The van der Waals surface area contributed by atoms with E-state index in [2.05, 4.69) is 23.9 Å². The van der Waals surface area contributed by atoms with Crippen molar-refractivity contribution in [1.29, 1.82) is 0 Å². The van der Waals surface area contributed by atoms with Gasteiger partial charge in [0.25, 0.3) is 0 Å². The molecule has 0 fully saturated rings. The predicted molar refractivity (Wildman–Crippen MR) is 76.3 cm³/mol. The van der Waals surface area contributed by atoms with Crippen LogP contribution in [-0.2, 0) is 0 Å². The summed E-state index contributed by atoms with van der Waals surface area (Å²) in [7, 11) is 2.03. The fraction of sp³-hybridized carbons (Fsp3) is 0.500. The van der Waals surface area contributed by atoms with E-state index in [9.17, 15) is 0 Å². The van der Waals surface area contributed by atoms with E-state index >= 15 is 0 Å². The van der Waals surface area contributed by atoms with Gasteiger partial charge in [0.05, 0.1) is 0 Å². The minimum absolute atomic E-state index is 0.154. The zero-order chi connectivity index (χ0) is 13.5. The van der Waals surface area contributed by atoms with Gasteiger partial charge in [-0.15, -0.1) is 0 Å². The number of anilines is 1. The minimum atomic E-state index is 0.154. The number of benzene rings is 1. The third kappa shape index (κ3) is 3.95. The summed E-state index contributed by atoms with van der Waals surface area (Å²) in [6, 6.07) is 7.70. The summed E-state index contributed by atoms with van der Waals surface area (Å²) < 4.78 is 0. The van der Waals surface area contributed by atoms with Crippen molar-refractivity contribution in [3.63, 3.8) is 0 Å². The molecule has 1 aromatic carbocycles. The molecule has 0 aromatic heterocycles. The van der Waals surface area contributed by atoms with Crippen molar-refractivity contribution in [3.8, 4) is 0 Å². The number of para-hydroxylation sites is 1. The Hall–Kier alpha value is -1.71. The molecule has 18 heavy (non-hydrogen) atoms. The standard InChI is InChI=1S/C14H23N3O/c1-11(2)7-6-10-17(3)13-9-5-4-8-12(13)14(15)16-18/h4-5,8-9,11,18H,6-7,10H2,1-3H3,(H2,15,16). The first kappa shape index (κ1) is 14.4. The molecule has 1 rings (SSSR count). The Labute approximate surface area is 109 Å². The molecule has 0 spiro atoms. The smallest absolute Gasteiger partial charge is 0.172 e. The van der Waals surface area contributed by atoms with Crippen molar-refractivity contribution < 1.29 is 5.21 Å². The maximum atomic E-state index is 8.79. The monoisotopic (exact) mass is 249 g/mol. The summed E-state index contributed by atoms with van der Waals surface area (Å²) >= 11 is 0. The predicted octanol–water partition coefficient (Wildman–Crippen LogP) is 2.65. The molecule has 0 aliphatic rings. The Kier molecular flexibility index (Phi) is 5.49. The topological polar surface area (TPSA) is 61.8 Å². The fourth-order valence-corrected chi connectivity index (χ4v) is 1.93. The molecule has 100 valence electrons. The van der Waals surface area contributed by atoms with Crippen molar-refractivity contribution in [1.82, 2.24) is 0 Å². The van der Waals surface area contributed by atoms with Crippen LogP contribution in [0, 0.1) is 5.92 Å². The summed E-state index contributed by atoms with van der Waals surface area (Å²) in [6.45, 7) is 5.42. The van der Waals surface area contributed by atoms with Gasteiger partial charge in [-0.2, -0.15) is 0 Å². The van der Waals surface area contributed by atoms with Crippen LogP contribution in [0.1, 0.15) is 32.3 Å². The number of hydrogen-bond donors (Lipinski definition) is 2. The molecule has 4 heteroatoms. The van der Waals surface area contributed by atoms with Crippen LogP contribution in [0.2, 0.25) is 0 Å².